The molecule has 0 aliphatic heterocycles. The number of H-pyrrole nitrogens is 1. The monoisotopic (exact) mass is 389 g/mol. The van der Waals surface area contributed by atoms with Crippen molar-refractivity contribution < 1.29 is 16.7 Å². The Morgan fingerprint density at radius 3 is 2.36 bits per heavy atom. The highest BCUT2D eigenvalue weighted by Crippen LogP contribution is 2.30. The summed E-state index contributed by atoms with van der Waals surface area (Å²) >= 11 is 0. The van der Waals surface area contributed by atoms with Crippen molar-refractivity contribution in [2.75, 3.05) is 0 Å². The fraction of sp³-hybridized carbons (Fsp3) is 0.364. The number of benzene rings is 1. The summed E-state index contributed by atoms with van der Waals surface area (Å²) in [6, 6.07) is 7.27. The molecule has 0 aliphatic carbocycles. The maximum atomic E-state index is 14.7. The second-order valence-electron chi connectivity index (χ2n) is 8.60. The van der Waals surface area contributed by atoms with Gasteiger partial charge in [-0.25, -0.2) is 13.8 Å². The van der Waals surface area contributed by atoms with E-state index in [0.717, 1.165) is 18.3 Å². The molecule has 0 saturated heterocycles. The zero-order valence-corrected chi connectivity index (χ0v) is 16.6. The summed E-state index contributed by atoms with van der Waals surface area (Å²) < 4.78 is 27.8. The van der Waals surface area contributed by atoms with Crippen LogP contribution in [0.4, 0.5) is 8.78 Å². The van der Waals surface area contributed by atoms with Crippen LogP contribution in [0.25, 0.3) is 11.3 Å². The summed E-state index contributed by atoms with van der Waals surface area (Å²) in [5.74, 6) is -0.393. The van der Waals surface area contributed by atoms with Crippen molar-refractivity contribution >= 4 is 0 Å². The lowest BCUT2D eigenvalue weighted by Gasteiger charge is -2.24. The van der Waals surface area contributed by atoms with Gasteiger partial charge >= 0.3 is 0 Å². The van der Waals surface area contributed by atoms with E-state index in [4.69, 9.17) is 0 Å². The van der Waals surface area contributed by atoms with Gasteiger partial charge in [0.15, 0.2) is 0 Å². The fourth-order valence-corrected chi connectivity index (χ4v) is 3.24. The van der Waals surface area contributed by atoms with Gasteiger partial charge in [0.2, 0.25) is 0 Å². The lowest BCUT2D eigenvalue weighted by molar-refractivity contribution is 0.0519. The highest BCUT2D eigenvalue weighted by atomic mass is 19.1. The molecular weight excluding hydrogens is 360 g/mol. The molecule has 3 rings (SSSR count). The van der Waals surface area contributed by atoms with Crippen LogP contribution in [0, 0.1) is 17.0 Å². The smallest absolute Gasteiger partial charge is 0.141 e. The van der Waals surface area contributed by atoms with E-state index in [9.17, 15) is 13.9 Å². The molecule has 1 aromatic carbocycles. The lowest BCUT2D eigenvalue weighted by Crippen LogP contribution is -2.26. The van der Waals surface area contributed by atoms with Crippen molar-refractivity contribution in [1.29, 1.82) is 0 Å². The number of aromatic amines is 1. The first kappa shape index (κ1) is 20.1. The molecule has 0 bridgehead atoms. The first-order chi connectivity index (χ1) is 13.0. The number of hydrogen-bond acceptors (Lipinski definition) is 3. The number of imidazole rings is 1. The Morgan fingerprint density at radius 1 is 1.00 bits per heavy atom. The van der Waals surface area contributed by atoms with E-state index in [2.05, 4.69) is 35.7 Å². The molecule has 0 aliphatic rings. The van der Waals surface area contributed by atoms with Gasteiger partial charge in [0.05, 0.1) is 17.5 Å². The SMILES string of the molecule is CC(C)(C)Cc1cnc(CC(C)(O)c2ccc(-c3ccc(F)cn3)cc2F)[nH]1.[HH].[HH]. The van der Waals surface area contributed by atoms with E-state index < -0.39 is 17.2 Å². The van der Waals surface area contributed by atoms with Crippen LogP contribution < -0.4 is 0 Å². The number of halogens is 2. The van der Waals surface area contributed by atoms with Gasteiger partial charge in [-0.05, 0) is 37.0 Å². The fourth-order valence-electron chi connectivity index (χ4n) is 3.24. The van der Waals surface area contributed by atoms with Crippen molar-refractivity contribution in [1.82, 2.24) is 15.0 Å². The molecule has 4 nitrogen and oxygen atoms in total. The van der Waals surface area contributed by atoms with E-state index in [1.165, 1.54) is 24.3 Å². The number of nitrogens with one attached hydrogen (secondary N) is 1. The van der Waals surface area contributed by atoms with Gasteiger partial charge in [-0.2, -0.15) is 0 Å². The molecule has 0 saturated carbocycles. The van der Waals surface area contributed by atoms with Gasteiger partial charge in [0.25, 0.3) is 0 Å². The van der Waals surface area contributed by atoms with Gasteiger partial charge in [0, 0.05) is 32.3 Å². The molecule has 152 valence electrons. The second kappa shape index (κ2) is 7.43. The van der Waals surface area contributed by atoms with Crippen molar-refractivity contribution in [3.63, 3.8) is 0 Å². The van der Waals surface area contributed by atoms with Gasteiger partial charge in [-0.1, -0.05) is 32.9 Å². The maximum absolute atomic E-state index is 14.7. The Labute approximate surface area is 166 Å². The summed E-state index contributed by atoms with van der Waals surface area (Å²) in [7, 11) is 0. The quantitative estimate of drug-likeness (QED) is 0.624. The van der Waals surface area contributed by atoms with E-state index in [1.54, 1.807) is 19.2 Å². The van der Waals surface area contributed by atoms with E-state index in [0.29, 0.717) is 17.1 Å². The second-order valence-corrected chi connectivity index (χ2v) is 8.60. The lowest BCUT2D eigenvalue weighted by atomic mass is 9.90. The Balaban J connectivity index is 0.00000225. The minimum atomic E-state index is -1.43. The van der Waals surface area contributed by atoms with Gasteiger partial charge in [-0.3, -0.25) is 4.98 Å². The van der Waals surface area contributed by atoms with Crippen LogP contribution in [0.2, 0.25) is 0 Å². The summed E-state index contributed by atoms with van der Waals surface area (Å²) in [5, 5.41) is 10.9. The van der Waals surface area contributed by atoms with Gasteiger partial charge < -0.3 is 10.1 Å². The Hall–Kier alpha value is -2.60. The first-order valence-corrected chi connectivity index (χ1v) is 9.21. The standard InChI is InChI=1S/C22H25F2N3O.2H2/c1-21(2,3)10-16-13-26-20(27-16)11-22(4,28)17-7-5-14(9-18(17)24)19-8-6-15(23)12-25-19;;/h5-9,12-13,28H,10-11H2,1-4H3,(H,26,27);2*1H. The third kappa shape index (κ3) is 4.81. The highest BCUT2D eigenvalue weighted by Gasteiger charge is 2.29. The number of aromatic nitrogens is 3. The largest absolute Gasteiger partial charge is 0.385 e. The molecule has 1 unspecified atom stereocenters. The topological polar surface area (TPSA) is 61.8 Å². The number of hydrogen-bond donors (Lipinski definition) is 2. The van der Waals surface area contributed by atoms with Gasteiger partial charge in [-0.15, -0.1) is 0 Å². The van der Waals surface area contributed by atoms with Crippen LogP contribution >= 0.6 is 0 Å². The first-order valence-electron chi connectivity index (χ1n) is 9.21. The molecule has 2 N–H and O–H groups in total. The Morgan fingerprint density at radius 2 is 1.75 bits per heavy atom. The number of aliphatic hydroxyl groups is 1. The molecule has 1 atom stereocenters. The van der Waals surface area contributed by atoms with E-state index in [1.807, 2.05) is 0 Å². The molecule has 2 heterocycles. The molecule has 0 amide bonds. The van der Waals surface area contributed by atoms with Crippen LogP contribution in [0.5, 0.6) is 0 Å². The van der Waals surface area contributed by atoms with Crippen molar-refractivity contribution in [2.24, 2.45) is 5.41 Å². The maximum Gasteiger partial charge on any atom is 0.141 e. The average Bonchev–Trinajstić information content (AvgIpc) is 2.99. The summed E-state index contributed by atoms with van der Waals surface area (Å²) in [6.45, 7) is 7.97. The minimum Gasteiger partial charge on any atom is -0.385 e. The van der Waals surface area contributed by atoms with E-state index in [-0.39, 0.29) is 20.3 Å². The molecule has 0 spiro atoms. The summed E-state index contributed by atoms with van der Waals surface area (Å²) in [5.41, 5.74) is 0.814. The van der Waals surface area contributed by atoms with Crippen molar-refractivity contribution in [3.05, 3.63) is 71.4 Å². The third-order valence-corrected chi connectivity index (χ3v) is 4.49. The van der Waals surface area contributed by atoms with Crippen LogP contribution in [-0.4, -0.2) is 20.1 Å². The zero-order valence-electron chi connectivity index (χ0n) is 16.6. The number of nitrogens with zero attached hydrogens (tertiary/aromatic N) is 2. The predicted octanol–water partition coefficient (Wildman–Crippen LogP) is 5.28. The van der Waals surface area contributed by atoms with Crippen LogP contribution in [-0.2, 0) is 18.4 Å². The normalized spacial score (nSPS) is 14.1. The Bertz CT molecular complexity index is 967. The molecule has 0 fully saturated rings. The van der Waals surface area contributed by atoms with Crippen molar-refractivity contribution in [2.45, 2.75) is 46.1 Å². The molecule has 3 aromatic rings. The Kier molecular flexibility index (Phi) is 5.35. The van der Waals surface area contributed by atoms with Crippen molar-refractivity contribution in [3.8, 4) is 11.3 Å². The predicted molar refractivity (Wildman–Crippen MR) is 109 cm³/mol. The summed E-state index contributed by atoms with van der Waals surface area (Å²) in [4.78, 5) is 11.5. The zero-order chi connectivity index (χ0) is 20.5. The number of rotatable bonds is 5. The van der Waals surface area contributed by atoms with Gasteiger partial charge in [0.1, 0.15) is 17.5 Å². The van der Waals surface area contributed by atoms with Crippen LogP contribution in [0.3, 0.4) is 0 Å². The molecule has 2 aromatic heterocycles. The molecule has 0 radical (unpaired) electrons. The minimum absolute atomic E-state index is 0. The highest BCUT2D eigenvalue weighted by molar-refractivity contribution is 5.59. The van der Waals surface area contributed by atoms with Crippen LogP contribution in [0.1, 0.15) is 47.6 Å². The average molecular weight is 389 g/mol. The van der Waals surface area contributed by atoms with E-state index >= 15 is 0 Å². The molecule has 6 heteroatoms. The van der Waals surface area contributed by atoms with Crippen LogP contribution in [0.15, 0.2) is 42.7 Å². The molecule has 28 heavy (non-hydrogen) atoms. The number of pyridine rings is 1. The third-order valence-electron chi connectivity index (χ3n) is 4.49. The summed E-state index contributed by atoms with van der Waals surface area (Å²) in [6.07, 6.45) is 3.83. The molecular formula is C22H29F2N3O.